The Morgan fingerprint density at radius 2 is 2.06 bits per heavy atom. The van der Waals surface area contributed by atoms with Gasteiger partial charge in [0.25, 0.3) is 0 Å². The minimum Gasteiger partial charge on any atom is -0.406 e. The second kappa shape index (κ2) is 4.21. The highest BCUT2D eigenvalue weighted by atomic mass is 19.4. The fraction of sp³-hybridized carbons (Fsp3) is 0.400. The van der Waals surface area contributed by atoms with E-state index in [0.717, 1.165) is 13.1 Å². The zero-order chi connectivity index (χ0) is 11.6. The highest BCUT2D eigenvalue weighted by Gasteiger charge is 2.31. The minimum absolute atomic E-state index is 0.204. The van der Waals surface area contributed by atoms with E-state index < -0.39 is 6.36 Å². The topological polar surface area (TPSA) is 33.3 Å². The van der Waals surface area contributed by atoms with Crippen LogP contribution in [0, 0.1) is 0 Å². The minimum atomic E-state index is -4.64. The first-order valence-corrected chi connectivity index (χ1v) is 4.86. The van der Waals surface area contributed by atoms with Crippen molar-refractivity contribution in [2.75, 3.05) is 18.4 Å². The Labute approximate surface area is 90.6 Å². The lowest BCUT2D eigenvalue weighted by molar-refractivity contribution is -0.274. The molecule has 1 fully saturated rings. The summed E-state index contributed by atoms with van der Waals surface area (Å²) in [6, 6.07) is 6.13. The van der Waals surface area contributed by atoms with Crippen LogP contribution >= 0.6 is 0 Å². The number of ether oxygens (including phenoxy) is 1. The van der Waals surface area contributed by atoms with Gasteiger partial charge in [0.2, 0.25) is 0 Å². The summed E-state index contributed by atoms with van der Waals surface area (Å²) in [5.74, 6) is -0.204. The predicted molar refractivity (Wildman–Crippen MR) is 53.4 cm³/mol. The molecule has 0 saturated carbocycles. The molecule has 0 aliphatic carbocycles. The van der Waals surface area contributed by atoms with Crippen molar-refractivity contribution in [1.29, 1.82) is 0 Å². The van der Waals surface area contributed by atoms with E-state index in [1.165, 1.54) is 18.2 Å². The first-order valence-electron chi connectivity index (χ1n) is 4.86. The van der Waals surface area contributed by atoms with Crippen molar-refractivity contribution in [2.24, 2.45) is 0 Å². The van der Waals surface area contributed by atoms with Gasteiger partial charge in [0.05, 0.1) is 6.04 Å². The van der Waals surface area contributed by atoms with E-state index in [2.05, 4.69) is 15.4 Å². The quantitative estimate of drug-likeness (QED) is 0.835. The molecule has 0 amide bonds. The van der Waals surface area contributed by atoms with Gasteiger partial charge in [-0.2, -0.15) is 0 Å². The molecule has 0 radical (unpaired) electrons. The van der Waals surface area contributed by atoms with Gasteiger partial charge in [-0.25, -0.2) is 0 Å². The number of hydrogen-bond acceptors (Lipinski definition) is 3. The van der Waals surface area contributed by atoms with Crippen molar-refractivity contribution in [3.63, 3.8) is 0 Å². The Morgan fingerprint density at radius 1 is 1.31 bits per heavy atom. The van der Waals surface area contributed by atoms with E-state index in [1.807, 2.05) is 0 Å². The summed E-state index contributed by atoms with van der Waals surface area (Å²) in [5, 5.41) is 6.16. The zero-order valence-electron chi connectivity index (χ0n) is 8.34. The van der Waals surface area contributed by atoms with Crippen LogP contribution in [0.3, 0.4) is 0 Å². The molecule has 6 heteroatoms. The number of benzene rings is 1. The van der Waals surface area contributed by atoms with E-state index in [0.29, 0.717) is 5.69 Å². The van der Waals surface area contributed by atoms with Crippen LogP contribution in [0.4, 0.5) is 18.9 Å². The third-order valence-electron chi connectivity index (χ3n) is 2.22. The molecular formula is C10H11F3N2O. The third-order valence-corrected chi connectivity index (χ3v) is 2.22. The Bertz CT molecular complexity index is 363. The zero-order valence-corrected chi connectivity index (χ0v) is 8.34. The Kier molecular flexibility index (Phi) is 2.91. The molecule has 2 N–H and O–H groups in total. The number of halogens is 3. The molecule has 0 bridgehead atoms. The van der Waals surface area contributed by atoms with Crippen LogP contribution in [0.1, 0.15) is 0 Å². The molecule has 1 saturated heterocycles. The fourth-order valence-electron chi connectivity index (χ4n) is 1.41. The van der Waals surface area contributed by atoms with Gasteiger partial charge in [-0.1, -0.05) is 6.07 Å². The van der Waals surface area contributed by atoms with Crippen molar-refractivity contribution in [3.05, 3.63) is 24.3 Å². The van der Waals surface area contributed by atoms with Crippen molar-refractivity contribution in [3.8, 4) is 5.75 Å². The number of nitrogens with one attached hydrogen (secondary N) is 2. The first-order chi connectivity index (χ1) is 7.53. The van der Waals surface area contributed by atoms with Gasteiger partial charge >= 0.3 is 6.36 Å². The third kappa shape index (κ3) is 3.03. The maximum atomic E-state index is 12.0. The van der Waals surface area contributed by atoms with E-state index in [4.69, 9.17) is 0 Å². The molecule has 0 unspecified atom stereocenters. The van der Waals surface area contributed by atoms with Crippen molar-refractivity contribution in [1.82, 2.24) is 5.32 Å². The maximum Gasteiger partial charge on any atom is 0.573 e. The summed E-state index contributed by atoms with van der Waals surface area (Å²) in [6.45, 7) is 1.65. The molecule has 0 spiro atoms. The average molecular weight is 232 g/mol. The Morgan fingerprint density at radius 3 is 2.62 bits per heavy atom. The smallest absolute Gasteiger partial charge is 0.406 e. The molecule has 1 aromatic carbocycles. The molecule has 1 heterocycles. The van der Waals surface area contributed by atoms with Gasteiger partial charge in [-0.3, -0.25) is 0 Å². The lowest BCUT2D eigenvalue weighted by atomic mass is 10.1. The molecule has 2 rings (SSSR count). The molecule has 0 aromatic heterocycles. The van der Waals surface area contributed by atoms with E-state index in [9.17, 15) is 13.2 Å². The SMILES string of the molecule is FC(F)(F)Oc1cccc(NC2CNC2)c1. The van der Waals surface area contributed by atoms with Crippen LogP contribution in [-0.4, -0.2) is 25.5 Å². The van der Waals surface area contributed by atoms with Gasteiger partial charge in [0, 0.05) is 24.8 Å². The molecule has 0 atom stereocenters. The van der Waals surface area contributed by atoms with Crippen molar-refractivity contribution in [2.45, 2.75) is 12.4 Å². The molecule has 1 aliphatic rings. The highest BCUT2D eigenvalue weighted by molar-refractivity contribution is 5.49. The maximum absolute atomic E-state index is 12.0. The lowest BCUT2D eigenvalue weighted by Gasteiger charge is -2.29. The monoisotopic (exact) mass is 232 g/mol. The van der Waals surface area contributed by atoms with Gasteiger partial charge in [0.15, 0.2) is 0 Å². The molecule has 88 valence electrons. The lowest BCUT2D eigenvalue weighted by Crippen LogP contribution is -2.51. The van der Waals surface area contributed by atoms with Crippen LogP contribution in [0.15, 0.2) is 24.3 Å². The van der Waals surface area contributed by atoms with Gasteiger partial charge in [0.1, 0.15) is 5.75 Å². The molecule has 1 aromatic rings. The van der Waals surface area contributed by atoms with Gasteiger partial charge in [-0.05, 0) is 12.1 Å². The fourth-order valence-corrected chi connectivity index (χ4v) is 1.41. The number of alkyl halides is 3. The molecule has 3 nitrogen and oxygen atoms in total. The second-order valence-corrected chi connectivity index (χ2v) is 3.58. The number of rotatable bonds is 3. The Hall–Kier alpha value is -1.43. The van der Waals surface area contributed by atoms with Gasteiger partial charge in [-0.15, -0.1) is 13.2 Å². The molecular weight excluding hydrogens is 221 g/mol. The predicted octanol–water partition coefficient (Wildman–Crippen LogP) is 1.97. The van der Waals surface area contributed by atoms with Crippen LogP contribution in [0.5, 0.6) is 5.75 Å². The summed E-state index contributed by atoms with van der Waals surface area (Å²) in [6.07, 6.45) is -4.64. The summed E-state index contributed by atoms with van der Waals surface area (Å²) in [5.41, 5.74) is 0.633. The summed E-state index contributed by atoms with van der Waals surface area (Å²) >= 11 is 0. The summed E-state index contributed by atoms with van der Waals surface area (Å²) in [7, 11) is 0. The second-order valence-electron chi connectivity index (χ2n) is 3.58. The van der Waals surface area contributed by atoms with Crippen molar-refractivity contribution >= 4 is 5.69 Å². The van der Waals surface area contributed by atoms with Gasteiger partial charge < -0.3 is 15.4 Å². The normalized spacial score (nSPS) is 16.7. The van der Waals surface area contributed by atoms with E-state index in [-0.39, 0.29) is 11.8 Å². The standard InChI is InChI=1S/C10H11F3N2O/c11-10(12,13)16-9-3-1-2-7(4-9)15-8-5-14-6-8/h1-4,8,14-15H,5-6H2. The average Bonchev–Trinajstić information content (AvgIpc) is 2.09. The van der Waals surface area contributed by atoms with Crippen LogP contribution in [0.25, 0.3) is 0 Å². The van der Waals surface area contributed by atoms with Crippen LogP contribution in [0.2, 0.25) is 0 Å². The van der Waals surface area contributed by atoms with E-state index >= 15 is 0 Å². The Balaban J connectivity index is 2.00. The van der Waals surface area contributed by atoms with E-state index in [1.54, 1.807) is 6.07 Å². The summed E-state index contributed by atoms with van der Waals surface area (Å²) in [4.78, 5) is 0. The van der Waals surface area contributed by atoms with Crippen LogP contribution < -0.4 is 15.4 Å². The summed E-state index contributed by atoms with van der Waals surface area (Å²) < 4.78 is 39.7. The number of anilines is 1. The molecule has 1 aliphatic heterocycles. The first kappa shape index (κ1) is 11.1. The largest absolute Gasteiger partial charge is 0.573 e. The number of hydrogen-bond donors (Lipinski definition) is 2. The highest BCUT2D eigenvalue weighted by Crippen LogP contribution is 2.25. The van der Waals surface area contributed by atoms with Crippen LogP contribution in [-0.2, 0) is 0 Å². The van der Waals surface area contributed by atoms with Crippen molar-refractivity contribution < 1.29 is 17.9 Å². The molecule has 16 heavy (non-hydrogen) atoms.